The Balaban J connectivity index is 3.40. The van der Waals surface area contributed by atoms with Crippen LogP contribution in [0.1, 0.15) is 38.1 Å². The zero-order valence-electron chi connectivity index (χ0n) is 13.2. The molecular weight excluding hydrogens is 309 g/mol. The van der Waals surface area contributed by atoms with Crippen molar-refractivity contribution in [2.24, 2.45) is 0 Å². The molecule has 0 aliphatic rings. The van der Waals surface area contributed by atoms with Gasteiger partial charge < -0.3 is 9.72 Å². The monoisotopic (exact) mass is 328 g/mol. The Bertz CT molecular complexity index is 671. The maximum atomic E-state index is 12.9. The lowest BCUT2D eigenvalue weighted by Gasteiger charge is -2.11. The molecule has 0 fully saturated rings. The number of rotatable bonds is 6. The number of halogens is 3. The van der Waals surface area contributed by atoms with Crippen molar-refractivity contribution in [1.29, 1.82) is 0 Å². The molecular formula is C16H19F3N2O2. The fraction of sp³-hybridized carbons (Fsp3) is 0.375. The highest BCUT2D eigenvalue weighted by Crippen LogP contribution is 2.32. The van der Waals surface area contributed by atoms with E-state index in [1.165, 1.54) is 0 Å². The van der Waals surface area contributed by atoms with Crippen molar-refractivity contribution in [1.82, 2.24) is 9.97 Å². The lowest BCUT2D eigenvalue weighted by atomic mass is 10.2. The maximum absolute atomic E-state index is 12.9. The summed E-state index contributed by atoms with van der Waals surface area (Å²) in [4.78, 5) is 17.7. The molecule has 1 rings (SSSR count). The van der Waals surface area contributed by atoms with E-state index >= 15 is 0 Å². The van der Waals surface area contributed by atoms with Gasteiger partial charge in [0.05, 0.1) is 7.11 Å². The van der Waals surface area contributed by atoms with Crippen LogP contribution in [0.15, 0.2) is 35.2 Å². The van der Waals surface area contributed by atoms with Crippen LogP contribution in [0.2, 0.25) is 0 Å². The highest BCUT2D eigenvalue weighted by Gasteiger charge is 2.39. The molecule has 4 nitrogen and oxygen atoms in total. The smallest absolute Gasteiger partial charge is 0.426 e. The Morgan fingerprint density at radius 2 is 2.09 bits per heavy atom. The van der Waals surface area contributed by atoms with Gasteiger partial charge in [0.15, 0.2) is 5.56 Å². The lowest BCUT2D eigenvalue weighted by molar-refractivity contribution is -0.140. The fourth-order valence-corrected chi connectivity index (χ4v) is 1.81. The zero-order valence-corrected chi connectivity index (χ0v) is 13.2. The van der Waals surface area contributed by atoms with Gasteiger partial charge in [0.2, 0.25) is 5.88 Å². The van der Waals surface area contributed by atoms with Gasteiger partial charge in [-0.15, -0.1) is 0 Å². The Morgan fingerprint density at radius 3 is 2.61 bits per heavy atom. The molecule has 0 saturated heterocycles. The number of alkyl halides is 3. The Labute approximate surface area is 132 Å². The van der Waals surface area contributed by atoms with E-state index in [1.807, 2.05) is 13.0 Å². The number of methoxy groups -OCH3 is 1. The van der Waals surface area contributed by atoms with Gasteiger partial charge in [0.1, 0.15) is 5.82 Å². The van der Waals surface area contributed by atoms with E-state index < -0.39 is 23.2 Å². The molecule has 1 N–H and O–H groups in total. The first-order valence-corrected chi connectivity index (χ1v) is 7.10. The van der Waals surface area contributed by atoms with Crippen LogP contribution in [0.25, 0.3) is 5.57 Å². The number of ether oxygens (including phenoxy) is 1. The SMILES string of the molecule is C\C=C/C(=C\C=C\CCC)c1nc(OC)c(C(F)(F)F)c(=O)[nH]1. The number of nitrogens with one attached hydrogen (secondary N) is 1. The van der Waals surface area contributed by atoms with Crippen molar-refractivity contribution < 1.29 is 17.9 Å². The highest BCUT2D eigenvalue weighted by molar-refractivity contribution is 5.71. The summed E-state index contributed by atoms with van der Waals surface area (Å²) in [5.74, 6) is -0.733. The van der Waals surface area contributed by atoms with Crippen molar-refractivity contribution in [2.75, 3.05) is 7.11 Å². The maximum Gasteiger partial charge on any atom is 0.426 e. The van der Waals surface area contributed by atoms with Crippen LogP contribution in [-0.4, -0.2) is 17.1 Å². The van der Waals surface area contributed by atoms with Crippen molar-refractivity contribution in [3.05, 3.63) is 52.1 Å². The van der Waals surface area contributed by atoms with Gasteiger partial charge in [-0.2, -0.15) is 18.2 Å². The average molecular weight is 328 g/mol. The third-order valence-electron chi connectivity index (χ3n) is 2.85. The molecule has 1 aromatic rings. The van der Waals surface area contributed by atoms with Crippen molar-refractivity contribution in [3.63, 3.8) is 0 Å². The number of unbranched alkanes of at least 4 members (excludes halogenated alkanes) is 1. The summed E-state index contributed by atoms with van der Waals surface area (Å²) >= 11 is 0. The minimum absolute atomic E-state index is 0.0131. The van der Waals surface area contributed by atoms with Gasteiger partial charge in [-0.3, -0.25) is 4.79 Å². The number of H-pyrrole nitrogens is 1. The molecule has 0 radical (unpaired) electrons. The molecule has 1 aromatic heterocycles. The van der Waals surface area contributed by atoms with E-state index in [0.29, 0.717) is 5.57 Å². The summed E-state index contributed by atoms with van der Waals surface area (Å²) in [6, 6.07) is 0. The van der Waals surface area contributed by atoms with Gasteiger partial charge >= 0.3 is 6.18 Å². The van der Waals surface area contributed by atoms with Gasteiger partial charge in [0, 0.05) is 5.57 Å². The number of nitrogens with zero attached hydrogens (tertiary/aromatic N) is 1. The molecule has 0 aromatic carbocycles. The number of aromatic nitrogens is 2. The van der Waals surface area contributed by atoms with Crippen LogP contribution in [0.4, 0.5) is 13.2 Å². The van der Waals surface area contributed by atoms with Crippen LogP contribution in [0.5, 0.6) is 5.88 Å². The predicted octanol–water partition coefficient (Wildman–Crippen LogP) is 4.11. The molecule has 1 heterocycles. The van der Waals surface area contributed by atoms with Crippen molar-refractivity contribution in [3.8, 4) is 5.88 Å². The molecule has 0 aliphatic heterocycles. The van der Waals surface area contributed by atoms with Gasteiger partial charge in [0.25, 0.3) is 5.56 Å². The molecule has 0 bridgehead atoms. The highest BCUT2D eigenvalue weighted by atomic mass is 19.4. The summed E-state index contributed by atoms with van der Waals surface area (Å²) in [6.07, 6.45) is 5.71. The standard InChI is InChI=1S/C16H19F3N2O2/c1-4-6-7-8-10-11(9-5-2)13-20-14(22)12(16(17,18)19)15(21-13)23-3/h5,7-10H,4,6H2,1-3H3,(H,20,21,22)/b8-7+,9-5-,11-10+. The summed E-state index contributed by atoms with van der Waals surface area (Å²) < 4.78 is 43.3. The molecule has 0 saturated carbocycles. The number of allylic oxidation sites excluding steroid dienone is 6. The van der Waals surface area contributed by atoms with E-state index in [9.17, 15) is 18.0 Å². The molecule has 0 atom stereocenters. The zero-order chi connectivity index (χ0) is 17.5. The molecule has 23 heavy (non-hydrogen) atoms. The first kappa shape index (κ1) is 18.7. The first-order chi connectivity index (χ1) is 10.8. The normalized spacial score (nSPS) is 13.2. The molecule has 0 amide bonds. The van der Waals surface area contributed by atoms with E-state index in [0.717, 1.165) is 20.0 Å². The van der Waals surface area contributed by atoms with E-state index in [-0.39, 0.29) is 5.82 Å². The van der Waals surface area contributed by atoms with Crippen LogP contribution in [0.3, 0.4) is 0 Å². The van der Waals surface area contributed by atoms with Gasteiger partial charge in [-0.25, -0.2) is 0 Å². The second-order valence-corrected chi connectivity index (χ2v) is 4.64. The van der Waals surface area contributed by atoms with Crippen LogP contribution in [-0.2, 0) is 6.18 Å². The Kier molecular flexibility index (Phi) is 6.81. The number of hydrogen-bond donors (Lipinski definition) is 1. The van der Waals surface area contributed by atoms with Crippen LogP contribution in [0, 0.1) is 0 Å². The molecule has 0 spiro atoms. The lowest BCUT2D eigenvalue weighted by Crippen LogP contribution is -2.25. The molecule has 7 heteroatoms. The second kappa shape index (κ2) is 8.36. The summed E-state index contributed by atoms with van der Waals surface area (Å²) in [6.45, 7) is 3.78. The topological polar surface area (TPSA) is 55.0 Å². The third kappa shape index (κ3) is 5.12. The minimum atomic E-state index is -4.84. The molecule has 0 aliphatic carbocycles. The van der Waals surface area contributed by atoms with Crippen LogP contribution >= 0.6 is 0 Å². The summed E-state index contributed by atoms with van der Waals surface area (Å²) in [5.41, 5.74) is -2.25. The molecule has 0 unspecified atom stereocenters. The van der Waals surface area contributed by atoms with Crippen LogP contribution < -0.4 is 10.3 Å². The van der Waals surface area contributed by atoms with Crippen molar-refractivity contribution >= 4 is 5.57 Å². The van der Waals surface area contributed by atoms with E-state index in [4.69, 9.17) is 0 Å². The number of hydrogen-bond acceptors (Lipinski definition) is 3. The van der Waals surface area contributed by atoms with E-state index in [1.54, 1.807) is 31.2 Å². The van der Waals surface area contributed by atoms with Gasteiger partial charge in [-0.1, -0.05) is 43.7 Å². The average Bonchev–Trinajstić information content (AvgIpc) is 2.48. The summed E-state index contributed by atoms with van der Waals surface area (Å²) in [5, 5.41) is 0. The number of aromatic amines is 1. The Morgan fingerprint density at radius 1 is 1.39 bits per heavy atom. The Hall–Kier alpha value is -2.31. The van der Waals surface area contributed by atoms with E-state index in [2.05, 4.69) is 14.7 Å². The van der Waals surface area contributed by atoms with Crippen molar-refractivity contribution in [2.45, 2.75) is 32.9 Å². The predicted molar refractivity (Wildman–Crippen MR) is 83.3 cm³/mol. The fourth-order valence-electron chi connectivity index (χ4n) is 1.81. The minimum Gasteiger partial charge on any atom is -0.480 e. The third-order valence-corrected chi connectivity index (χ3v) is 2.85. The first-order valence-electron chi connectivity index (χ1n) is 7.10. The molecule has 126 valence electrons. The summed E-state index contributed by atoms with van der Waals surface area (Å²) in [7, 11) is 1.04. The largest absolute Gasteiger partial charge is 0.480 e. The second-order valence-electron chi connectivity index (χ2n) is 4.64. The van der Waals surface area contributed by atoms with Gasteiger partial charge in [-0.05, 0) is 13.3 Å². The quantitative estimate of drug-likeness (QED) is 0.800.